The highest BCUT2D eigenvalue weighted by Crippen LogP contribution is 2.22. The Morgan fingerprint density at radius 3 is 2.50 bits per heavy atom. The van der Waals surface area contributed by atoms with E-state index in [1.807, 2.05) is 25.1 Å². The van der Waals surface area contributed by atoms with Gasteiger partial charge in [-0.3, -0.25) is 9.59 Å². The zero-order valence-electron chi connectivity index (χ0n) is 18.4. The molecule has 0 aromatic heterocycles. The van der Waals surface area contributed by atoms with Gasteiger partial charge in [-0.15, -0.1) is 0 Å². The molecule has 0 aliphatic heterocycles. The van der Waals surface area contributed by atoms with Crippen molar-refractivity contribution in [3.63, 3.8) is 0 Å². The standard InChI is InChI=1S/C25H30ClFN2O3/c1-2-22(25(31)28-19-11-4-3-5-12-19)29(16-18-10-6-7-13-20(18)26)24(30)17-32-23-15-9-8-14-21(23)27/h6-10,13-15,19,22H,2-5,11-12,16-17H2,1H3,(H,28,31). The molecule has 2 aromatic rings. The van der Waals surface area contributed by atoms with Crippen molar-refractivity contribution in [2.45, 2.75) is 64.1 Å². The van der Waals surface area contributed by atoms with Gasteiger partial charge in [0.05, 0.1) is 0 Å². The number of nitrogens with zero attached hydrogens (tertiary/aromatic N) is 1. The van der Waals surface area contributed by atoms with E-state index in [0.717, 1.165) is 31.2 Å². The number of carbonyl (C=O) groups is 2. The monoisotopic (exact) mass is 460 g/mol. The van der Waals surface area contributed by atoms with Crippen molar-refractivity contribution in [3.05, 3.63) is 64.9 Å². The summed E-state index contributed by atoms with van der Waals surface area (Å²) in [6.07, 6.45) is 5.73. The highest BCUT2D eigenvalue weighted by Gasteiger charge is 2.31. The summed E-state index contributed by atoms with van der Waals surface area (Å²) in [6, 6.07) is 12.6. The first-order chi connectivity index (χ1) is 15.5. The lowest BCUT2D eigenvalue weighted by molar-refractivity contribution is -0.143. The van der Waals surface area contributed by atoms with Crippen molar-refractivity contribution in [1.29, 1.82) is 0 Å². The van der Waals surface area contributed by atoms with Gasteiger partial charge >= 0.3 is 0 Å². The molecule has 1 atom stereocenters. The minimum atomic E-state index is -0.676. The van der Waals surface area contributed by atoms with Crippen LogP contribution in [0, 0.1) is 5.82 Å². The first kappa shape index (κ1) is 24.1. The molecule has 5 nitrogen and oxygen atoms in total. The molecule has 2 aromatic carbocycles. The summed E-state index contributed by atoms with van der Waals surface area (Å²) >= 11 is 6.33. The second-order valence-electron chi connectivity index (χ2n) is 8.10. The number of nitrogens with one attached hydrogen (secondary N) is 1. The van der Waals surface area contributed by atoms with Crippen LogP contribution in [0.5, 0.6) is 5.75 Å². The number of hydrogen-bond acceptors (Lipinski definition) is 3. The first-order valence-electron chi connectivity index (χ1n) is 11.2. The number of hydrogen-bond donors (Lipinski definition) is 1. The molecule has 0 saturated heterocycles. The Bertz CT molecular complexity index is 918. The van der Waals surface area contributed by atoms with Crippen LogP contribution in [0.3, 0.4) is 0 Å². The first-order valence-corrected chi connectivity index (χ1v) is 11.6. The molecule has 32 heavy (non-hydrogen) atoms. The summed E-state index contributed by atoms with van der Waals surface area (Å²) in [5.41, 5.74) is 0.734. The van der Waals surface area contributed by atoms with Crippen molar-refractivity contribution >= 4 is 23.4 Å². The van der Waals surface area contributed by atoms with E-state index >= 15 is 0 Å². The fourth-order valence-corrected chi connectivity index (χ4v) is 4.25. The molecule has 1 aliphatic rings. The van der Waals surface area contributed by atoms with Crippen LogP contribution in [-0.4, -0.2) is 35.4 Å². The van der Waals surface area contributed by atoms with Crippen LogP contribution in [-0.2, 0) is 16.1 Å². The summed E-state index contributed by atoms with van der Waals surface area (Å²) in [6.45, 7) is 1.66. The fourth-order valence-electron chi connectivity index (χ4n) is 4.06. The van der Waals surface area contributed by atoms with Gasteiger partial charge in [-0.2, -0.15) is 0 Å². The van der Waals surface area contributed by atoms with E-state index in [9.17, 15) is 14.0 Å². The Morgan fingerprint density at radius 1 is 1.12 bits per heavy atom. The Kier molecular flexibility index (Phi) is 8.91. The highest BCUT2D eigenvalue weighted by atomic mass is 35.5. The van der Waals surface area contributed by atoms with Gasteiger partial charge in [-0.1, -0.05) is 68.1 Å². The predicted octanol–water partition coefficient (Wildman–Crippen LogP) is 5.11. The molecule has 7 heteroatoms. The predicted molar refractivity (Wildman–Crippen MR) is 123 cm³/mol. The summed E-state index contributed by atoms with van der Waals surface area (Å²) in [7, 11) is 0. The maximum absolute atomic E-state index is 13.9. The average Bonchev–Trinajstić information content (AvgIpc) is 2.80. The van der Waals surface area contributed by atoms with Crippen LogP contribution in [0.25, 0.3) is 0 Å². The van der Waals surface area contributed by atoms with Crippen LogP contribution in [0.4, 0.5) is 4.39 Å². The number of benzene rings is 2. The van der Waals surface area contributed by atoms with E-state index in [4.69, 9.17) is 16.3 Å². The van der Waals surface area contributed by atoms with Gasteiger partial charge in [-0.05, 0) is 43.0 Å². The summed E-state index contributed by atoms with van der Waals surface area (Å²) in [5, 5.41) is 3.64. The third-order valence-electron chi connectivity index (χ3n) is 5.82. The van der Waals surface area contributed by atoms with Crippen molar-refractivity contribution in [3.8, 4) is 5.75 Å². The van der Waals surface area contributed by atoms with Crippen LogP contribution >= 0.6 is 11.6 Å². The molecule has 1 unspecified atom stereocenters. The van der Waals surface area contributed by atoms with E-state index in [0.29, 0.717) is 11.4 Å². The lowest BCUT2D eigenvalue weighted by Gasteiger charge is -2.33. The van der Waals surface area contributed by atoms with Crippen molar-refractivity contribution in [2.24, 2.45) is 0 Å². The number of halogens is 2. The summed E-state index contributed by atoms with van der Waals surface area (Å²) in [5.74, 6) is -1.12. The molecule has 1 saturated carbocycles. The van der Waals surface area contributed by atoms with Gasteiger partial charge in [0.2, 0.25) is 5.91 Å². The lowest BCUT2D eigenvalue weighted by atomic mass is 9.95. The number of rotatable bonds is 9. The van der Waals surface area contributed by atoms with E-state index < -0.39 is 17.8 Å². The topological polar surface area (TPSA) is 58.6 Å². The van der Waals surface area contributed by atoms with Crippen molar-refractivity contribution < 1.29 is 18.7 Å². The minimum absolute atomic E-state index is 0.00162. The van der Waals surface area contributed by atoms with Gasteiger partial charge in [-0.25, -0.2) is 4.39 Å². The van der Waals surface area contributed by atoms with Gasteiger partial charge < -0.3 is 15.0 Å². The smallest absolute Gasteiger partial charge is 0.261 e. The van der Waals surface area contributed by atoms with Crippen LogP contribution in [0.2, 0.25) is 5.02 Å². The van der Waals surface area contributed by atoms with Crippen molar-refractivity contribution in [1.82, 2.24) is 10.2 Å². The van der Waals surface area contributed by atoms with E-state index in [-0.39, 0.29) is 30.9 Å². The number of amides is 2. The number of carbonyl (C=O) groups excluding carboxylic acids is 2. The lowest BCUT2D eigenvalue weighted by Crippen LogP contribution is -2.52. The molecule has 1 fully saturated rings. The molecule has 1 aliphatic carbocycles. The largest absolute Gasteiger partial charge is 0.481 e. The third-order valence-corrected chi connectivity index (χ3v) is 6.19. The zero-order valence-corrected chi connectivity index (χ0v) is 19.1. The molecule has 3 rings (SSSR count). The van der Waals surface area contributed by atoms with Crippen LogP contribution in [0.1, 0.15) is 51.0 Å². The molecule has 172 valence electrons. The quantitative estimate of drug-likeness (QED) is 0.565. The maximum atomic E-state index is 13.9. The Balaban J connectivity index is 1.77. The van der Waals surface area contributed by atoms with Gasteiger partial charge in [0.1, 0.15) is 6.04 Å². The highest BCUT2D eigenvalue weighted by molar-refractivity contribution is 6.31. The van der Waals surface area contributed by atoms with Gasteiger partial charge in [0.25, 0.3) is 5.91 Å². The fraction of sp³-hybridized carbons (Fsp3) is 0.440. The summed E-state index contributed by atoms with van der Waals surface area (Å²) < 4.78 is 19.4. The molecular weight excluding hydrogens is 431 g/mol. The summed E-state index contributed by atoms with van der Waals surface area (Å²) in [4.78, 5) is 27.8. The average molecular weight is 461 g/mol. The second-order valence-corrected chi connectivity index (χ2v) is 8.51. The van der Waals surface area contributed by atoms with Gasteiger partial charge in [0, 0.05) is 17.6 Å². The number of ether oxygens (including phenoxy) is 1. The SMILES string of the molecule is CCC(C(=O)NC1CCCCC1)N(Cc1ccccc1Cl)C(=O)COc1ccccc1F. The van der Waals surface area contributed by atoms with E-state index in [2.05, 4.69) is 5.32 Å². The van der Waals surface area contributed by atoms with Crippen LogP contribution < -0.4 is 10.1 Å². The van der Waals surface area contributed by atoms with E-state index in [1.54, 1.807) is 18.2 Å². The molecule has 0 bridgehead atoms. The molecule has 0 spiro atoms. The molecule has 2 amide bonds. The molecule has 0 radical (unpaired) electrons. The molecular formula is C25H30ClFN2O3. The minimum Gasteiger partial charge on any atom is -0.481 e. The second kappa shape index (κ2) is 11.9. The normalized spacial score (nSPS) is 15.1. The van der Waals surface area contributed by atoms with E-state index in [1.165, 1.54) is 23.5 Å². The van der Waals surface area contributed by atoms with Crippen molar-refractivity contribution in [2.75, 3.05) is 6.61 Å². The molecule has 0 heterocycles. The number of para-hydroxylation sites is 1. The Hall–Kier alpha value is -2.60. The maximum Gasteiger partial charge on any atom is 0.261 e. The Morgan fingerprint density at radius 2 is 1.81 bits per heavy atom. The Labute approximate surface area is 193 Å². The van der Waals surface area contributed by atoms with Gasteiger partial charge in [0.15, 0.2) is 18.2 Å². The molecule has 1 N–H and O–H groups in total. The zero-order chi connectivity index (χ0) is 22.9. The third kappa shape index (κ3) is 6.45. The van der Waals surface area contributed by atoms with Crippen LogP contribution in [0.15, 0.2) is 48.5 Å².